The van der Waals surface area contributed by atoms with Crippen LogP contribution >= 0.6 is 0 Å². The largest absolute Gasteiger partial charge is 0.480 e. The molecule has 1 aromatic rings. The Morgan fingerprint density at radius 2 is 2.09 bits per heavy atom. The minimum atomic E-state index is -0.367. The van der Waals surface area contributed by atoms with Crippen LogP contribution in [0.3, 0.4) is 0 Å². The zero-order chi connectivity index (χ0) is 16.6. The number of nitrogens with zero attached hydrogens (tertiary/aromatic N) is 1. The highest BCUT2D eigenvalue weighted by Crippen LogP contribution is 2.31. The van der Waals surface area contributed by atoms with E-state index in [0.29, 0.717) is 18.4 Å². The maximum atomic E-state index is 12.4. The SMILES string of the molecule is Cc1cc2c(cc1C)O[C@H](C(=O)NC[C@@H]1CCN(C(C)C)C1)C2. The van der Waals surface area contributed by atoms with Gasteiger partial charge in [0.1, 0.15) is 5.75 Å². The number of ether oxygens (including phenoxy) is 1. The lowest BCUT2D eigenvalue weighted by molar-refractivity contribution is -0.127. The molecule has 1 aromatic carbocycles. The molecule has 23 heavy (non-hydrogen) atoms. The lowest BCUT2D eigenvalue weighted by Crippen LogP contribution is -2.40. The van der Waals surface area contributed by atoms with Crippen LogP contribution in [0.5, 0.6) is 5.75 Å². The van der Waals surface area contributed by atoms with Crippen molar-refractivity contribution in [3.63, 3.8) is 0 Å². The van der Waals surface area contributed by atoms with Crippen molar-refractivity contribution in [2.24, 2.45) is 5.92 Å². The standard InChI is InChI=1S/C19H28N2O2/c1-12(2)21-6-5-15(11-21)10-20-19(22)18-9-16-7-13(3)14(4)8-17(16)23-18/h7-8,12,15,18H,5-6,9-11H2,1-4H3,(H,20,22)/t15-,18-/m0/s1. The van der Waals surface area contributed by atoms with Gasteiger partial charge in [0.15, 0.2) is 6.10 Å². The third-order valence-corrected chi connectivity index (χ3v) is 5.26. The molecule has 0 aliphatic carbocycles. The van der Waals surface area contributed by atoms with E-state index in [1.165, 1.54) is 17.5 Å². The van der Waals surface area contributed by atoms with Gasteiger partial charge in [0.05, 0.1) is 0 Å². The van der Waals surface area contributed by atoms with Gasteiger partial charge in [-0.15, -0.1) is 0 Å². The molecule has 2 aliphatic heterocycles. The maximum absolute atomic E-state index is 12.4. The Balaban J connectivity index is 1.51. The first-order valence-electron chi connectivity index (χ1n) is 8.72. The van der Waals surface area contributed by atoms with Crippen LogP contribution in [-0.4, -0.2) is 42.6 Å². The van der Waals surface area contributed by atoms with Crippen molar-refractivity contribution in [1.29, 1.82) is 0 Å². The van der Waals surface area contributed by atoms with E-state index in [9.17, 15) is 4.79 Å². The highest BCUT2D eigenvalue weighted by molar-refractivity contribution is 5.82. The van der Waals surface area contributed by atoms with E-state index >= 15 is 0 Å². The molecule has 0 aromatic heterocycles. The predicted octanol–water partition coefficient (Wildman–Crippen LogP) is 2.45. The summed E-state index contributed by atoms with van der Waals surface area (Å²) in [5.41, 5.74) is 3.62. The summed E-state index contributed by atoms with van der Waals surface area (Å²) in [6.45, 7) is 11.6. The first-order valence-corrected chi connectivity index (χ1v) is 8.72. The highest BCUT2D eigenvalue weighted by atomic mass is 16.5. The van der Waals surface area contributed by atoms with Crippen molar-refractivity contribution in [3.8, 4) is 5.75 Å². The van der Waals surface area contributed by atoms with Crippen molar-refractivity contribution < 1.29 is 9.53 Å². The van der Waals surface area contributed by atoms with Crippen LogP contribution in [0, 0.1) is 19.8 Å². The zero-order valence-electron chi connectivity index (χ0n) is 14.7. The van der Waals surface area contributed by atoms with Gasteiger partial charge in [0.2, 0.25) is 0 Å². The molecule has 0 radical (unpaired) electrons. The normalized spacial score (nSPS) is 23.9. The molecule has 0 bridgehead atoms. The van der Waals surface area contributed by atoms with Crippen LogP contribution in [0.15, 0.2) is 12.1 Å². The zero-order valence-corrected chi connectivity index (χ0v) is 14.7. The number of likely N-dealkylation sites (tertiary alicyclic amines) is 1. The first kappa shape index (κ1) is 16.3. The van der Waals surface area contributed by atoms with Crippen LogP contribution in [-0.2, 0) is 11.2 Å². The number of hydrogen-bond acceptors (Lipinski definition) is 3. The maximum Gasteiger partial charge on any atom is 0.261 e. The van der Waals surface area contributed by atoms with Crippen molar-refractivity contribution >= 4 is 5.91 Å². The molecule has 2 heterocycles. The van der Waals surface area contributed by atoms with E-state index in [2.05, 4.69) is 50.0 Å². The number of benzene rings is 1. The van der Waals surface area contributed by atoms with Crippen LogP contribution < -0.4 is 10.1 Å². The van der Waals surface area contributed by atoms with Gasteiger partial charge in [-0.05, 0) is 69.3 Å². The number of hydrogen-bond donors (Lipinski definition) is 1. The van der Waals surface area contributed by atoms with E-state index in [-0.39, 0.29) is 12.0 Å². The van der Waals surface area contributed by atoms with Gasteiger partial charge in [-0.25, -0.2) is 0 Å². The molecule has 2 aliphatic rings. The fraction of sp³-hybridized carbons (Fsp3) is 0.632. The van der Waals surface area contributed by atoms with Crippen molar-refractivity contribution in [2.75, 3.05) is 19.6 Å². The average molecular weight is 316 g/mol. The summed E-state index contributed by atoms with van der Waals surface area (Å²) in [6, 6.07) is 4.79. The molecule has 0 saturated carbocycles. The Labute approximate surface area is 139 Å². The fourth-order valence-electron chi connectivity index (χ4n) is 3.52. The lowest BCUT2D eigenvalue weighted by atomic mass is 10.0. The van der Waals surface area contributed by atoms with Crippen molar-refractivity contribution in [3.05, 3.63) is 28.8 Å². The van der Waals surface area contributed by atoms with Crippen molar-refractivity contribution in [2.45, 2.75) is 52.7 Å². The van der Waals surface area contributed by atoms with E-state index in [4.69, 9.17) is 4.74 Å². The third kappa shape index (κ3) is 3.52. The third-order valence-electron chi connectivity index (χ3n) is 5.26. The summed E-state index contributed by atoms with van der Waals surface area (Å²) in [5.74, 6) is 1.47. The number of carbonyl (C=O) groups is 1. The second-order valence-electron chi connectivity index (χ2n) is 7.34. The summed E-state index contributed by atoms with van der Waals surface area (Å²) in [5, 5.41) is 3.10. The molecule has 1 fully saturated rings. The molecule has 4 nitrogen and oxygen atoms in total. The lowest BCUT2D eigenvalue weighted by Gasteiger charge is -2.20. The summed E-state index contributed by atoms with van der Waals surface area (Å²) >= 11 is 0. The number of nitrogens with one attached hydrogen (secondary N) is 1. The quantitative estimate of drug-likeness (QED) is 0.928. The monoisotopic (exact) mass is 316 g/mol. The molecular weight excluding hydrogens is 288 g/mol. The molecular formula is C19H28N2O2. The van der Waals surface area contributed by atoms with Gasteiger partial charge < -0.3 is 15.0 Å². The summed E-state index contributed by atoms with van der Waals surface area (Å²) in [7, 11) is 0. The van der Waals surface area contributed by atoms with Crippen LogP contribution in [0.2, 0.25) is 0 Å². The van der Waals surface area contributed by atoms with Gasteiger partial charge in [0, 0.05) is 25.6 Å². The molecule has 1 N–H and O–H groups in total. The van der Waals surface area contributed by atoms with Gasteiger partial charge >= 0.3 is 0 Å². The topological polar surface area (TPSA) is 41.6 Å². The average Bonchev–Trinajstić information content (AvgIpc) is 3.12. The van der Waals surface area contributed by atoms with E-state index in [1.807, 2.05) is 0 Å². The van der Waals surface area contributed by atoms with Crippen molar-refractivity contribution in [1.82, 2.24) is 10.2 Å². The Kier molecular flexibility index (Phi) is 4.62. The van der Waals surface area contributed by atoms with Crippen LogP contribution in [0.1, 0.15) is 37.0 Å². The molecule has 4 heteroatoms. The summed E-state index contributed by atoms with van der Waals surface area (Å²) in [6.07, 6.45) is 1.49. The Hall–Kier alpha value is -1.55. The van der Waals surface area contributed by atoms with Crippen LogP contribution in [0.4, 0.5) is 0 Å². The highest BCUT2D eigenvalue weighted by Gasteiger charge is 2.31. The first-order chi connectivity index (χ1) is 10.9. The Morgan fingerprint density at radius 1 is 1.35 bits per heavy atom. The van der Waals surface area contributed by atoms with Gasteiger partial charge in [-0.1, -0.05) is 6.07 Å². The van der Waals surface area contributed by atoms with Gasteiger partial charge in [0.25, 0.3) is 5.91 Å². The number of amides is 1. The number of carbonyl (C=O) groups excluding carboxylic acids is 1. The van der Waals surface area contributed by atoms with Gasteiger partial charge in [-0.2, -0.15) is 0 Å². The molecule has 2 atom stereocenters. The molecule has 0 unspecified atom stereocenters. The molecule has 0 spiro atoms. The smallest absolute Gasteiger partial charge is 0.261 e. The number of aryl methyl sites for hydroxylation is 2. The van der Waals surface area contributed by atoms with Crippen LogP contribution in [0.25, 0.3) is 0 Å². The van der Waals surface area contributed by atoms with E-state index in [1.54, 1.807) is 0 Å². The second kappa shape index (κ2) is 6.52. The van der Waals surface area contributed by atoms with E-state index < -0.39 is 0 Å². The minimum absolute atomic E-state index is 0.0273. The molecule has 1 amide bonds. The Bertz CT molecular complexity index is 566. The number of rotatable bonds is 4. The summed E-state index contributed by atoms with van der Waals surface area (Å²) < 4.78 is 5.86. The predicted molar refractivity (Wildman–Crippen MR) is 91.9 cm³/mol. The van der Waals surface area contributed by atoms with E-state index in [0.717, 1.165) is 30.9 Å². The molecule has 126 valence electrons. The minimum Gasteiger partial charge on any atom is -0.480 e. The Morgan fingerprint density at radius 3 is 2.78 bits per heavy atom. The number of fused-ring (bicyclic) bond motifs is 1. The summed E-state index contributed by atoms with van der Waals surface area (Å²) in [4.78, 5) is 14.9. The molecule has 3 rings (SSSR count). The van der Waals surface area contributed by atoms with Gasteiger partial charge in [-0.3, -0.25) is 4.79 Å². The fourth-order valence-corrected chi connectivity index (χ4v) is 3.52. The molecule has 1 saturated heterocycles. The second-order valence-corrected chi connectivity index (χ2v) is 7.34.